The number of carbonyl (C=O) groups is 1. The Morgan fingerprint density at radius 1 is 1.10 bits per heavy atom. The van der Waals surface area contributed by atoms with Crippen LogP contribution in [0.4, 0.5) is 24.5 Å². The van der Waals surface area contributed by atoms with Gasteiger partial charge in [-0.2, -0.15) is 22.7 Å². The van der Waals surface area contributed by atoms with Crippen LogP contribution in [0.5, 0.6) is 5.75 Å². The van der Waals surface area contributed by atoms with Crippen molar-refractivity contribution in [1.29, 1.82) is 0 Å². The molecule has 276 valence electrons. The fourth-order valence-electron chi connectivity index (χ4n) is 6.77. The highest BCUT2D eigenvalue weighted by Gasteiger charge is 2.32. The van der Waals surface area contributed by atoms with E-state index in [1.54, 1.807) is 4.57 Å². The minimum atomic E-state index is -4.59. The van der Waals surface area contributed by atoms with Crippen LogP contribution in [-0.2, 0) is 35.2 Å². The molecule has 3 aliphatic rings. The zero-order valence-electron chi connectivity index (χ0n) is 28.2. The lowest BCUT2D eigenvalue weighted by atomic mass is 10.1. The topological polar surface area (TPSA) is 133 Å². The number of anilines is 2. The zero-order valence-corrected chi connectivity index (χ0v) is 29.7. The summed E-state index contributed by atoms with van der Waals surface area (Å²) in [6, 6.07) is 4.61. The van der Waals surface area contributed by atoms with Crippen molar-refractivity contribution < 1.29 is 27.8 Å². The number of nitrogens with zero attached hydrogens (tertiary/aromatic N) is 8. The molecule has 0 aliphatic carbocycles. The predicted octanol–water partition coefficient (Wildman–Crippen LogP) is 4.33. The Hall–Kier alpha value is -4.22. The quantitative estimate of drug-likeness (QED) is 0.254. The molecule has 2 N–H and O–H groups in total. The van der Waals surface area contributed by atoms with Gasteiger partial charge < -0.3 is 24.6 Å². The number of hydrogen-bond acceptors (Lipinski definition) is 10. The van der Waals surface area contributed by atoms with E-state index in [1.807, 2.05) is 11.8 Å². The number of piperazine rings is 1. The number of halogens is 5. The zero-order chi connectivity index (χ0) is 36.7. The molecule has 0 saturated carbocycles. The van der Waals surface area contributed by atoms with Crippen LogP contribution in [0.3, 0.4) is 0 Å². The van der Waals surface area contributed by atoms with Crippen LogP contribution in [0.15, 0.2) is 41.3 Å². The maximum Gasteiger partial charge on any atom is 0.416 e. The van der Waals surface area contributed by atoms with Crippen LogP contribution in [0.2, 0.25) is 10.0 Å². The third-order valence-corrected chi connectivity index (χ3v) is 10.3. The van der Waals surface area contributed by atoms with Crippen LogP contribution in [0.25, 0.3) is 11.4 Å². The number of pyridine rings is 1. The fourth-order valence-corrected chi connectivity index (χ4v) is 7.17. The van der Waals surface area contributed by atoms with Crippen molar-refractivity contribution in [2.75, 3.05) is 62.7 Å². The summed E-state index contributed by atoms with van der Waals surface area (Å²) in [6.45, 7) is 6.79. The number of rotatable bonds is 9. The summed E-state index contributed by atoms with van der Waals surface area (Å²) in [5.41, 5.74) is 0.981. The third kappa shape index (κ3) is 7.22. The standard InChI is InChI=1S/C34H36Cl2F3N9O4/c1-2-27-29(46-13-11-44(12-14-46)16-26-30(50)23(35)5-8-40-26)32(51)48-33(42-31(43-48)20-6-9-45(10-7-20)22-18-52-19-22)47(27)17-28(49)41-25-4-3-21(15-24(25)36)34(37,38)39/h3-6,8,15,22,50H,2,7,9-14,16-19H2,1H3,(H,41,49). The minimum Gasteiger partial charge on any atom is -0.504 e. The van der Waals surface area contributed by atoms with Gasteiger partial charge in [0.2, 0.25) is 11.7 Å². The minimum absolute atomic E-state index is 0.0160. The molecule has 3 aliphatic heterocycles. The van der Waals surface area contributed by atoms with E-state index in [0.29, 0.717) is 94.3 Å². The van der Waals surface area contributed by atoms with Gasteiger partial charge in [-0.1, -0.05) is 36.2 Å². The van der Waals surface area contributed by atoms with Crippen LogP contribution in [0.1, 0.15) is 36.1 Å². The summed E-state index contributed by atoms with van der Waals surface area (Å²) in [5.74, 6) is -0.0827. The summed E-state index contributed by atoms with van der Waals surface area (Å²) in [6.07, 6.45) is 0.0244. The molecule has 0 bridgehead atoms. The Kier molecular flexibility index (Phi) is 10.2. The van der Waals surface area contributed by atoms with Crippen molar-refractivity contribution in [3.8, 4) is 5.75 Å². The van der Waals surface area contributed by atoms with Gasteiger partial charge in [-0.25, -0.2) is 0 Å². The number of hydrogen-bond donors (Lipinski definition) is 2. The molecule has 0 atom stereocenters. The largest absolute Gasteiger partial charge is 0.504 e. The molecule has 13 nitrogen and oxygen atoms in total. The van der Waals surface area contributed by atoms with Crippen LogP contribution in [-0.4, -0.2) is 103 Å². The average molecular weight is 763 g/mol. The molecule has 6 heterocycles. The van der Waals surface area contributed by atoms with E-state index in [2.05, 4.69) is 31.3 Å². The molecule has 0 unspecified atom stereocenters. The van der Waals surface area contributed by atoms with Gasteiger partial charge >= 0.3 is 6.18 Å². The molecule has 18 heteroatoms. The number of benzene rings is 1. The molecule has 4 aromatic rings. The van der Waals surface area contributed by atoms with E-state index in [0.717, 1.165) is 30.3 Å². The first-order valence-electron chi connectivity index (χ1n) is 16.9. The Balaban J connectivity index is 1.21. The number of aromatic hydroxyl groups is 1. The van der Waals surface area contributed by atoms with E-state index in [1.165, 1.54) is 16.8 Å². The van der Waals surface area contributed by atoms with E-state index in [9.17, 15) is 27.9 Å². The summed E-state index contributed by atoms with van der Waals surface area (Å²) < 4.78 is 47.9. The van der Waals surface area contributed by atoms with Gasteiger partial charge in [0, 0.05) is 52.0 Å². The Morgan fingerprint density at radius 2 is 1.87 bits per heavy atom. The van der Waals surface area contributed by atoms with E-state index in [4.69, 9.17) is 32.9 Å². The van der Waals surface area contributed by atoms with E-state index < -0.39 is 17.6 Å². The first kappa shape index (κ1) is 36.2. The van der Waals surface area contributed by atoms with Crippen LogP contribution >= 0.6 is 23.2 Å². The van der Waals surface area contributed by atoms with Gasteiger partial charge in [0.25, 0.3) is 5.56 Å². The van der Waals surface area contributed by atoms with Crippen molar-refractivity contribution >= 4 is 51.8 Å². The van der Waals surface area contributed by atoms with E-state index in [-0.39, 0.29) is 39.4 Å². The monoisotopic (exact) mass is 761 g/mol. The second-order valence-corrected chi connectivity index (χ2v) is 13.8. The molecule has 0 radical (unpaired) electrons. The average Bonchev–Trinajstić information content (AvgIpc) is 3.55. The van der Waals surface area contributed by atoms with Gasteiger partial charge in [0.05, 0.1) is 51.9 Å². The Morgan fingerprint density at radius 3 is 2.50 bits per heavy atom. The normalized spacial score (nSPS) is 17.7. The number of aromatic nitrogens is 5. The lowest BCUT2D eigenvalue weighted by molar-refractivity contribution is -0.137. The molecule has 3 aromatic heterocycles. The number of carbonyl (C=O) groups excluding carboxylic acids is 1. The van der Waals surface area contributed by atoms with Crippen LogP contribution in [0, 0.1) is 0 Å². The summed E-state index contributed by atoms with van der Waals surface area (Å²) in [4.78, 5) is 43.3. The maximum atomic E-state index is 14.3. The van der Waals surface area contributed by atoms with Crippen molar-refractivity contribution in [1.82, 2.24) is 33.9 Å². The van der Waals surface area contributed by atoms with Gasteiger partial charge in [0.1, 0.15) is 12.2 Å². The SMILES string of the molecule is CCc1c(N2CCN(Cc3nccc(Cl)c3O)CC2)c(=O)n2nc(C3=CCN(C4COC4)CC3)nc2n1CC(=O)Nc1ccc(C(F)(F)F)cc1Cl. The number of amides is 1. The molecule has 7 rings (SSSR count). The summed E-state index contributed by atoms with van der Waals surface area (Å²) in [5, 5.41) is 17.6. The first-order valence-corrected chi connectivity index (χ1v) is 17.7. The molecule has 2 saturated heterocycles. The lowest BCUT2D eigenvalue weighted by Gasteiger charge is -2.38. The predicted molar refractivity (Wildman–Crippen MR) is 189 cm³/mol. The van der Waals surface area contributed by atoms with Gasteiger partial charge in [-0.15, -0.1) is 5.10 Å². The Labute approximate surface area is 306 Å². The molecule has 0 spiro atoms. The molecule has 1 amide bonds. The maximum absolute atomic E-state index is 14.3. The van der Waals surface area contributed by atoms with Crippen LogP contribution < -0.4 is 15.8 Å². The highest BCUT2D eigenvalue weighted by Crippen LogP contribution is 2.34. The molecular formula is C34H36Cl2F3N9O4. The summed E-state index contributed by atoms with van der Waals surface area (Å²) >= 11 is 12.2. The van der Waals surface area contributed by atoms with Gasteiger partial charge in [-0.05, 0) is 42.7 Å². The van der Waals surface area contributed by atoms with E-state index >= 15 is 0 Å². The molecule has 1 aromatic carbocycles. The Bertz CT molecular complexity index is 2090. The van der Waals surface area contributed by atoms with Crippen molar-refractivity contribution in [3.05, 3.63) is 79.7 Å². The highest BCUT2D eigenvalue weighted by atomic mass is 35.5. The number of fused-ring (bicyclic) bond motifs is 1. The molecular weight excluding hydrogens is 726 g/mol. The smallest absolute Gasteiger partial charge is 0.416 e. The second-order valence-electron chi connectivity index (χ2n) is 12.9. The van der Waals surface area contributed by atoms with Crippen molar-refractivity contribution in [3.63, 3.8) is 0 Å². The number of alkyl halides is 3. The van der Waals surface area contributed by atoms with Gasteiger partial charge in [-0.3, -0.25) is 24.4 Å². The highest BCUT2D eigenvalue weighted by molar-refractivity contribution is 6.33. The number of nitrogens with one attached hydrogen (secondary N) is 1. The first-order chi connectivity index (χ1) is 24.9. The molecule has 52 heavy (non-hydrogen) atoms. The number of ether oxygens (including phenoxy) is 1. The summed E-state index contributed by atoms with van der Waals surface area (Å²) in [7, 11) is 0. The second kappa shape index (κ2) is 14.7. The van der Waals surface area contributed by atoms with Gasteiger partial charge in [0.15, 0.2) is 11.6 Å². The molecule has 2 fully saturated rings. The van der Waals surface area contributed by atoms with Crippen molar-refractivity contribution in [2.24, 2.45) is 0 Å². The third-order valence-electron chi connectivity index (χ3n) is 9.71. The lowest BCUT2D eigenvalue weighted by Crippen LogP contribution is -2.50. The fraction of sp³-hybridized carbons (Fsp3) is 0.441. The van der Waals surface area contributed by atoms with Crippen molar-refractivity contribution in [2.45, 2.75) is 45.1 Å².